The quantitative estimate of drug-likeness (QED) is 0.157. The molecule has 0 aromatic heterocycles. The average molecular weight is 596 g/mol. The molecule has 0 N–H and O–H groups in total. The Morgan fingerprint density at radius 3 is 1.46 bits per heavy atom. The molecular formula is C33H31F4NOP2. The van der Waals surface area contributed by atoms with Crippen molar-refractivity contribution in [3.63, 3.8) is 0 Å². The molecule has 2 atom stereocenters. The summed E-state index contributed by atoms with van der Waals surface area (Å²) in [4.78, 5) is 0. The smallest absolute Gasteiger partial charge is 0.216 e. The minimum atomic E-state index is -4.28. The number of halogens is 4. The second-order valence-corrected chi connectivity index (χ2v) is 16.1. The van der Waals surface area contributed by atoms with Gasteiger partial charge in [0.2, 0.25) is 7.29 Å². The van der Waals surface area contributed by atoms with Gasteiger partial charge in [0.25, 0.3) is 0 Å². The van der Waals surface area contributed by atoms with Crippen LogP contribution in [-0.2, 0) is 4.57 Å². The van der Waals surface area contributed by atoms with Crippen LogP contribution in [0.2, 0.25) is 0 Å². The summed E-state index contributed by atoms with van der Waals surface area (Å²) < 4.78 is 77.8. The topological polar surface area (TPSA) is 20.3 Å². The highest BCUT2D eigenvalue weighted by molar-refractivity contribution is 7.84. The first-order valence-corrected chi connectivity index (χ1v) is 17.2. The summed E-state index contributed by atoms with van der Waals surface area (Å²) in [6.45, 7) is 0. The van der Waals surface area contributed by atoms with Gasteiger partial charge in [0.05, 0.1) is 10.6 Å². The first-order chi connectivity index (χ1) is 19.9. The molecule has 8 heteroatoms. The second kappa shape index (κ2) is 11.8. The van der Waals surface area contributed by atoms with E-state index in [1.54, 1.807) is 0 Å². The van der Waals surface area contributed by atoms with E-state index in [-0.39, 0.29) is 28.0 Å². The van der Waals surface area contributed by atoms with Crippen LogP contribution in [0.25, 0.3) is 0 Å². The fourth-order valence-electron chi connectivity index (χ4n) is 6.58. The van der Waals surface area contributed by atoms with E-state index in [4.69, 9.17) is 0 Å². The Balaban J connectivity index is 1.64. The lowest BCUT2D eigenvalue weighted by Crippen LogP contribution is -2.38. The molecule has 6 rings (SSSR count). The molecule has 41 heavy (non-hydrogen) atoms. The van der Waals surface area contributed by atoms with Gasteiger partial charge in [0, 0.05) is 29.5 Å². The van der Waals surface area contributed by atoms with Gasteiger partial charge in [-0.2, -0.15) is 0 Å². The highest BCUT2D eigenvalue weighted by Gasteiger charge is 2.53. The Hall–Kier alpha value is -2.78. The van der Waals surface area contributed by atoms with E-state index in [2.05, 4.69) is 24.3 Å². The van der Waals surface area contributed by atoms with Gasteiger partial charge in [0.1, 0.15) is 23.3 Å². The lowest BCUT2D eigenvalue weighted by Gasteiger charge is -2.45. The third-order valence-corrected chi connectivity index (χ3v) is 15.9. The Morgan fingerprint density at radius 2 is 1.05 bits per heavy atom. The van der Waals surface area contributed by atoms with Gasteiger partial charge < -0.3 is 0 Å². The Morgan fingerprint density at radius 1 is 0.610 bits per heavy atom. The molecule has 0 spiro atoms. The largest absolute Gasteiger partial charge is 0.296 e. The summed E-state index contributed by atoms with van der Waals surface area (Å²) in [6.07, 6.45) is 4.95. The van der Waals surface area contributed by atoms with Gasteiger partial charge >= 0.3 is 0 Å². The summed E-state index contributed by atoms with van der Waals surface area (Å²) in [7, 11) is -5.61. The molecule has 2 aliphatic rings. The molecule has 2 unspecified atom stereocenters. The number of hydrogen-bond acceptors (Lipinski definition) is 1. The lowest BCUT2D eigenvalue weighted by atomic mass is 10.0. The van der Waals surface area contributed by atoms with Crippen LogP contribution in [0.15, 0.2) is 97.1 Å². The fourth-order valence-corrected chi connectivity index (χ4v) is 15.1. The summed E-state index contributed by atoms with van der Waals surface area (Å²) in [5.74, 6) is -3.58. The Kier molecular flexibility index (Phi) is 8.19. The van der Waals surface area contributed by atoms with Crippen LogP contribution in [0.5, 0.6) is 0 Å². The van der Waals surface area contributed by atoms with Gasteiger partial charge in [-0.3, -0.25) is 4.57 Å². The molecule has 0 radical (unpaired) electrons. The molecule has 2 nitrogen and oxygen atoms in total. The van der Waals surface area contributed by atoms with E-state index in [1.165, 1.54) is 12.1 Å². The molecule has 0 bridgehead atoms. The number of nitrogens with zero attached hydrogens (tertiary/aromatic N) is 1. The van der Waals surface area contributed by atoms with E-state index in [9.17, 15) is 8.78 Å². The van der Waals surface area contributed by atoms with Gasteiger partial charge in [-0.15, -0.1) is 0 Å². The molecule has 4 aromatic carbocycles. The second-order valence-electron chi connectivity index (χ2n) is 10.8. The standard InChI is InChI=1S/C33H31F4NOP2/c34-25-15-19-32(28(36)21-25)41(39,33-20-16-26(35)22-29(33)37)38(27-13-7-8-14-27)40-30(23-9-3-1-4-10-23)17-18-31(40)24-11-5-2-6-12-24/h1-6,9-12,15-16,19-22,27,30-31H,7-8,13-14,17-18H2. The highest BCUT2D eigenvalue weighted by Crippen LogP contribution is 2.79. The maximum atomic E-state index is 15.9. The molecule has 4 aromatic rings. The molecular weight excluding hydrogens is 564 g/mol. The Labute approximate surface area is 239 Å². The van der Waals surface area contributed by atoms with Crippen LogP contribution >= 0.6 is 15.4 Å². The molecule has 0 amide bonds. The van der Waals surface area contributed by atoms with Gasteiger partial charge in [-0.05, 0) is 69.1 Å². The third-order valence-electron chi connectivity index (χ3n) is 8.37. The SMILES string of the molecule is O=P(c1ccc(F)cc1F)(c1ccc(F)cc1F)N(C1CCCC1)P1C(c2ccccc2)CCC1c1ccccc1. The van der Waals surface area contributed by atoms with Crippen molar-refractivity contribution in [2.24, 2.45) is 0 Å². The predicted octanol–water partition coefficient (Wildman–Crippen LogP) is 9.39. The summed E-state index contributed by atoms with van der Waals surface area (Å²) >= 11 is 0. The van der Waals surface area contributed by atoms with Crippen LogP contribution in [0, 0.1) is 23.3 Å². The maximum Gasteiger partial charge on any atom is 0.216 e. The zero-order valence-corrected chi connectivity index (χ0v) is 24.3. The first kappa shape index (κ1) is 28.3. The van der Waals surface area contributed by atoms with Crippen molar-refractivity contribution < 1.29 is 22.1 Å². The molecule has 212 valence electrons. The highest BCUT2D eigenvalue weighted by atomic mass is 31.2. The minimum Gasteiger partial charge on any atom is -0.296 e. The fraction of sp³-hybridized carbons (Fsp3) is 0.273. The maximum absolute atomic E-state index is 15.9. The van der Waals surface area contributed by atoms with Gasteiger partial charge in [0.15, 0.2) is 0 Å². The minimum absolute atomic E-state index is 0.00245. The average Bonchev–Trinajstić information content (AvgIpc) is 3.65. The van der Waals surface area contributed by atoms with Gasteiger partial charge in [-0.1, -0.05) is 73.5 Å². The van der Waals surface area contributed by atoms with Crippen molar-refractivity contribution in [1.29, 1.82) is 0 Å². The van der Waals surface area contributed by atoms with Crippen LogP contribution in [-0.4, -0.2) is 10.5 Å². The molecule has 2 fully saturated rings. The monoisotopic (exact) mass is 595 g/mol. The van der Waals surface area contributed by atoms with Crippen LogP contribution in [0.1, 0.15) is 61.0 Å². The van der Waals surface area contributed by atoms with E-state index in [0.717, 1.165) is 61.8 Å². The van der Waals surface area contributed by atoms with Crippen LogP contribution in [0.3, 0.4) is 0 Å². The Bertz CT molecular complexity index is 1460. The number of rotatable bonds is 7. The predicted molar refractivity (Wildman–Crippen MR) is 158 cm³/mol. The molecule has 1 saturated carbocycles. The third kappa shape index (κ3) is 5.31. The van der Waals surface area contributed by atoms with E-state index in [0.29, 0.717) is 12.1 Å². The zero-order valence-electron chi connectivity index (χ0n) is 22.5. The zero-order chi connectivity index (χ0) is 28.6. The van der Waals surface area contributed by atoms with Crippen LogP contribution < -0.4 is 10.6 Å². The first-order valence-electron chi connectivity index (χ1n) is 14.1. The van der Waals surface area contributed by atoms with E-state index < -0.39 is 38.6 Å². The van der Waals surface area contributed by atoms with E-state index >= 15 is 13.3 Å². The van der Waals surface area contributed by atoms with Crippen molar-refractivity contribution in [2.75, 3.05) is 0 Å². The van der Waals surface area contributed by atoms with E-state index in [1.807, 2.05) is 40.8 Å². The van der Waals surface area contributed by atoms with Gasteiger partial charge in [-0.25, -0.2) is 22.0 Å². The summed E-state index contributed by atoms with van der Waals surface area (Å²) in [5.41, 5.74) is 2.20. The number of benzene rings is 4. The molecule has 1 aliphatic carbocycles. The number of hydrogen-bond donors (Lipinski definition) is 0. The normalized spacial score (nSPS) is 21.5. The van der Waals surface area contributed by atoms with Crippen molar-refractivity contribution in [3.05, 3.63) is 131 Å². The van der Waals surface area contributed by atoms with Crippen molar-refractivity contribution in [2.45, 2.75) is 55.9 Å². The van der Waals surface area contributed by atoms with Crippen LogP contribution in [0.4, 0.5) is 17.6 Å². The van der Waals surface area contributed by atoms with Crippen molar-refractivity contribution in [1.82, 2.24) is 4.44 Å². The lowest BCUT2D eigenvalue weighted by molar-refractivity contribution is 0.458. The van der Waals surface area contributed by atoms with Crippen molar-refractivity contribution in [3.8, 4) is 0 Å². The summed E-state index contributed by atoms with van der Waals surface area (Å²) in [6, 6.07) is 25.9. The molecule has 1 saturated heterocycles. The van der Waals surface area contributed by atoms with Crippen molar-refractivity contribution >= 4 is 26.0 Å². The molecule has 1 heterocycles. The summed E-state index contributed by atoms with van der Waals surface area (Å²) in [5, 5.41) is -0.464. The molecule has 1 aliphatic heterocycles.